The quantitative estimate of drug-likeness (QED) is 0.144. The van der Waals surface area contributed by atoms with Crippen molar-refractivity contribution < 1.29 is 42.2 Å². The monoisotopic (exact) mass is 655 g/mol. The Labute approximate surface area is 269 Å². The van der Waals surface area contributed by atoms with Crippen molar-refractivity contribution in [1.29, 1.82) is 0 Å². The minimum Gasteiger partial charge on any atom is -0.459 e. The molecule has 1 aliphatic carbocycles. The van der Waals surface area contributed by atoms with Crippen LogP contribution in [0.25, 0.3) is 0 Å². The number of imide groups is 2. The third kappa shape index (κ3) is 7.74. The first-order valence-corrected chi connectivity index (χ1v) is 15.0. The van der Waals surface area contributed by atoms with Gasteiger partial charge in [-0.25, -0.2) is 37.8 Å². The maximum Gasteiger partial charge on any atom is 0.419 e. The Balaban J connectivity index is 1.31. The third-order valence-corrected chi connectivity index (χ3v) is 7.69. The molecule has 1 atom stereocenters. The summed E-state index contributed by atoms with van der Waals surface area (Å²) in [6, 6.07) is 16.1. The molecule has 3 aromatic carbocycles. The van der Waals surface area contributed by atoms with Crippen molar-refractivity contribution in [2.75, 3.05) is 11.9 Å². The summed E-state index contributed by atoms with van der Waals surface area (Å²) in [4.78, 5) is 54.2. The normalized spacial score (nSPS) is 16.3. The van der Waals surface area contributed by atoms with Crippen LogP contribution in [-0.2, 0) is 38.6 Å². The number of esters is 1. The van der Waals surface area contributed by atoms with Crippen molar-refractivity contribution in [3.05, 3.63) is 100 Å². The molecule has 1 heterocycles. The average molecular weight is 656 g/mol. The summed E-state index contributed by atoms with van der Waals surface area (Å²) in [5.74, 6) is -2.87. The number of carbonyl (C=O) groups is 4. The summed E-state index contributed by atoms with van der Waals surface area (Å²) in [6.07, 6.45) is -0.914. The Morgan fingerprint density at radius 1 is 0.913 bits per heavy atom. The van der Waals surface area contributed by atoms with E-state index >= 15 is 0 Å². The lowest BCUT2D eigenvalue weighted by Crippen LogP contribution is -2.45. The second kappa shape index (κ2) is 13.7. The summed E-state index contributed by atoms with van der Waals surface area (Å²) < 4.78 is 45.8. The van der Waals surface area contributed by atoms with Gasteiger partial charge in [0, 0.05) is 12.5 Å². The van der Waals surface area contributed by atoms with Crippen LogP contribution in [0.1, 0.15) is 43.4 Å². The van der Waals surface area contributed by atoms with Gasteiger partial charge < -0.3 is 19.5 Å². The average Bonchev–Trinajstić information content (AvgIpc) is 3.79. The first-order valence-electron chi connectivity index (χ1n) is 14.6. The molecule has 0 spiro atoms. The molecule has 0 bridgehead atoms. The number of hydrogen-bond acceptors (Lipinski definition) is 8. The van der Waals surface area contributed by atoms with Crippen molar-refractivity contribution >= 4 is 41.5 Å². The standard InChI is InChI=1S/C33H32ClF2N3O7/c1-33(2,16-22-15-24(37-23-13-14-23)28(36)26(34)27(22)35)46-31(42)38-17-25(29(40)44-18-20-9-5-3-6-10-20)39(30(38)41)32(43)45-19-21-11-7-4-8-12-21/h3-12,15,23,25,37H,13-14,16-19H2,1-2H3/t25-/m0/s1. The van der Waals surface area contributed by atoms with Gasteiger partial charge in [-0.1, -0.05) is 72.3 Å². The van der Waals surface area contributed by atoms with E-state index in [1.165, 1.54) is 19.9 Å². The van der Waals surface area contributed by atoms with Crippen molar-refractivity contribution in [1.82, 2.24) is 9.80 Å². The van der Waals surface area contributed by atoms with Gasteiger partial charge in [0.25, 0.3) is 0 Å². The van der Waals surface area contributed by atoms with Gasteiger partial charge in [0.2, 0.25) is 0 Å². The largest absolute Gasteiger partial charge is 0.459 e. The lowest BCUT2D eigenvalue weighted by atomic mass is 9.97. The van der Waals surface area contributed by atoms with E-state index in [1.807, 2.05) is 0 Å². The summed E-state index contributed by atoms with van der Waals surface area (Å²) in [5.41, 5.74) is -0.135. The van der Waals surface area contributed by atoms with E-state index in [2.05, 4.69) is 5.32 Å². The van der Waals surface area contributed by atoms with Gasteiger partial charge >= 0.3 is 24.2 Å². The van der Waals surface area contributed by atoms with Crippen LogP contribution in [0.15, 0.2) is 66.7 Å². The Morgan fingerprint density at radius 3 is 2.09 bits per heavy atom. The highest BCUT2D eigenvalue weighted by atomic mass is 35.5. The highest BCUT2D eigenvalue weighted by Crippen LogP contribution is 2.34. The van der Waals surface area contributed by atoms with Gasteiger partial charge in [-0.3, -0.25) is 0 Å². The Bertz CT molecular complexity index is 1620. The molecule has 0 unspecified atom stereocenters. The summed E-state index contributed by atoms with van der Waals surface area (Å²) >= 11 is 5.93. The van der Waals surface area contributed by atoms with E-state index in [1.54, 1.807) is 60.7 Å². The number of carbonyl (C=O) groups excluding carboxylic acids is 4. The molecule has 1 N–H and O–H groups in total. The van der Waals surface area contributed by atoms with Gasteiger partial charge in [-0.2, -0.15) is 0 Å². The maximum absolute atomic E-state index is 15.0. The summed E-state index contributed by atoms with van der Waals surface area (Å²) in [7, 11) is 0. The van der Waals surface area contributed by atoms with E-state index in [9.17, 15) is 28.0 Å². The molecule has 10 nitrogen and oxygen atoms in total. The van der Waals surface area contributed by atoms with Crippen LogP contribution < -0.4 is 5.32 Å². The molecule has 2 fully saturated rings. The molecule has 3 aromatic rings. The van der Waals surface area contributed by atoms with E-state index < -0.39 is 59.0 Å². The lowest BCUT2D eigenvalue weighted by molar-refractivity contribution is -0.149. The van der Waals surface area contributed by atoms with Gasteiger partial charge in [0.05, 0.1) is 12.2 Å². The van der Waals surface area contributed by atoms with Crippen LogP contribution in [-0.4, -0.2) is 58.2 Å². The number of nitrogens with zero attached hydrogens (tertiary/aromatic N) is 2. The van der Waals surface area contributed by atoms with Crippen LogP contribution in [0.5, 0.6) is 0 Å². The predicted octanol–water partition coefficient (Wildman–Crippen LogP) is 6.84. The Morgan fingerprint density at radius 2 is 1.50 bits per heavy atom. The minimum absolute atomic E-state index is 0.0198. The molecule has 2 aliphatic rings. The van der Waals surface area contributed by atoms with E-state index in [-0.39, 0.29) is 36.9 Å². The SMILES string of the molecule is CC(C)(Cc1cc(NC2CC2)c(F)c(Cl)c1F)OC(=O)N1C[C@@H](C(=O)OCc2ccccc2)N(C(=O)OCc2ccccc2)C1=O. The summed E-state index contributed by atoms with van der Waals surface area (Å²) in [6.45, 7) is 2.02. The van der Waals surface area contributed by atoms with Gasteiger partial charge in [-0.05, 0) is 49.4 Å². The maximum atomic E-state index is 15.0. The highest BCUT2D eigenvalue weighted by Gasteiger charge is 2.50. The van der Waals surface area contributed by atoms with Crippen LogP contribution in [0.3, 0.4) is 0 Å². The smallest absolute Gasteiger partial charge is 0.419 e. The zero-order valence-corrected chi connectivity index (χ0v) is 25.9. The fourth-order valence-electron chi connectivity index (χ4n) is 4.87. The van der Waals surface area contributed by atoms with Crippen molar-refractivity contribution in [3.8, 4) is 0 Å². The zero-order chi connectivity index (χ0) is 33.0. The van der Waals surface area contributed by atoms with Crippen LogP contribution in [0, 0.1) is 11.6 Å². The summed E-state index contributed by atoms with van der Waals surface area (Å²) in [5, 5.41) is 2.27. The number of amides is 4. The molecule has 4 amide bonds. The van der Waals surface area contributed by atoms with Crippen LogP contribution in [0.2, 0.25) is 5.02 Å². The molecule has 1 saturated heterocycles. The molecule has 5 rings (SSSR count). The predicted molar refractivity (Wildman–Crippen MR) is 163 cm³/mol. The second-order valence-electron chi connectivity index (χ2n) is 11.7. The van der Waals surface area contributed by atoms with Crippen molar-refractivity contribution in [2.45, 2.75) is 64.0 Å². The number of rotatable bonds is 10. The minimum atomic E-state index is -1.53. The number of anilines is 1. The van der Waals surface area contributed by atoms with Gasteiger partial charge in [0.1, 0.15) is 29.7 Å². The number of benzene rings is 3. The zero-order valence-electron chi connectivity index (χ0n) is 25.1. The molecule has 242 valence electrons. The first-order chi connectivity index (χ1) is 21.9. The molecular formula is C33H32ClF2N3O7. The van der Waals surface area contributed by atoms with Crippen LogP contribution in [0.4, 0.5) is 28.9 Å². The molecule has 1 saturated carbocycles. The van der Waals surface area contributed by atoms with E-state index in [0.29, 0.717) is 20.9 Å². The number of halogens is 3. The van der Waals surface area contributed by atoms with Crippen molar-refractivity contribution in [2.24, 2.45) is 0 Å². The molecule has 46 heavy (non-hydrogen) atoms. The fourth-order valence-corrected chi connectivity index (χ4v) is 5.09. The Kier molecular flexibility index (Phi) is 9.76. The van der Waals surface area contributed by atoms with E-state index in [4.69, 9.17) is 25.8 Å². The lowest BCUT2D eigenvalue weighted by Gasteiger charge is -2.28. The number of hydrogen-bond donors (Lipinski definition) is 1. The Hall–Kier alpha value is -4.71. The first kappa shape index (κ1) is 32.7. The topological polar surface area (TPSA) is 114 Å². The van der Waals surface area contributed by atoms with Gasteiger partial charge in [-0.15, -0.1) is 0 Å². The highest BCUT2D eigenvalue weighted by molar-refractivity contribution is 6.31. The number of ether oxygens (including phenoxy) is 3. The van der Waals surface area contributed by atoms with Crippen LogP contribution >= 0.6 is 11.6 Å². The number of urea groups is 1. The molecular weight excluding hydrogens is 624 g/mol. The fraction of sp³-hybridized carbons (Fsp3) is 0.333. The van der Waals surface area contributed by atoms with Crippen molar-refractivity contribution in [3.63, 3.8) is 0 Å². The van der Waals surface area contributed by atoms with E-state index in [0.717, 1.165) is 12.8 Å². The molecule has 0 radical (unpaired) electrons. The molecule has 0 aromatic heterocycles. The molecule has 13 heteroatoms. The second-order valence-corrected chi connectivity index (χ2v) is 12.0. The molecule has 1 aliphatic heterocycles. The number of nitrogens with one attached hydrogen (secondary N) is 1. The van der Waals surface area contributed by atoms with Gasteiger partial charge in [0.15, 0.2) is 11.9 Å². The third-order valence-electron chi connectivity index (χ3n) is 7.36.